The lowest BCUT2D eigenvalue weighted by atomic mass is 10.2. The van der Waals surface area contributed by atoms with E-state index in [0.717, 1.165) is 0 Å². The van der Waals surface area contributed by atoms with Crippen LogP contribution in [0, 0.1) is 5.82 Å². The van der Waals surface area contributed by atoms with Crippen LogP contribution in [-0.2, 0) is 20.9 Å². The standard InChI is InChI=1S/C21H20ClFN2O5/c1-29-21(28)16-11-25(7-8-26)20(27)19(16)24-18-6-5-15(10-17(18)22)30-12-13-3-2-4-14(23)9-13/h2-6,9-10,24,26H,7-8,11-12H2,1H3. The van der Waals surface area contributed by atoms with Gasteiger partial charge < -0.3 is 24.8 Å². The van der Waals surface area contributed by atoms with Crippen molar-refractivity contribution in [3.05, 3.63) is 70.1 Å². The van der Waals surface area contributed by atoms with Gasteiger partial charge in [-0.1, -0.05) is 23.7 Å². The lowest BCUT2D eigenvalue weighted by Crippen LogP contribution is -2.31. The Morgan fingerprint density at radius 3 is 2.77 bits per heavy atom. The lowest BCUT2D eigenvalue weighted by molar-refractivity contribution is -0.136. The maximum absolute atomic E-state index is 13.3. The summed E-state index contributed by atoms with van der Waals surface area (Å²) in [5, 5.41) is 12.3. The zero-order valence-electron chi connectivity index (χ0n) is 16.2. The molecular formula is C21H20ClFN2O5. The number of esters is 1. The van der Waals surface area contributed by atoms with Gasteiger partial charge in [-0.2, -0.15) is 0 Å². The summed E-state index contributed by atoms with van der Waals surface area (Å²) in [6.45, 7) is 0.0463. The van der Waals surface area contributed by atoms with Crippen molar-refractivity contribution < 1.29 is 28.6 Å². The predicted molar refractivity (Wildman–Crippen MR) is 109 cm³/mol. The number of benzene rings is 2. The van der Waals surface area contributed by atoms with Crippen LogP contribution in [0.1, 0.15) is 5.56 Å². The van der Waals surface area contributed by atoms with Crippen LogP contribution in [0.5, 0.6) is 5.75 Å². The molecule has 30 heavy (non-hydrogen) atoms. The Balaban J connectivity index is 1.75. The van der Waals surface area contributed by atoms with E-state index in [1.54, 1.807) is 30.3 Å². The second-order valence-electron chi connectivity index (χ2n) is 6.48. The van der Waals surface area contributed by atoms with Crippen LogP contribution >= 0.6 is 11.6 Å². The molecule has 9 heteroatoms. The van der Waals surface area contributed by atoms with Gasteiger partial charge in [0.1, 0.15) is 23.9 Å². The van der Waals surface area contributed by atoms with Crippen LogP contribution in [0.25, 0.3) is 0 Å². The molecule has 2 aromatic rings. The molecule has 7 nitrogen and oxygen atoms in total. The van der Waals surface area contributed by atoms with Crippen LogP contribution in [0.4, 0.5) is 10.1 Å². The zero-order chi connectivity index (χ0) is 21.7. The quantitative estimate of drug-likeness (QED) is 0.621. The van der Waals surface area contributed by atoms with Crippen molar-refractivity contribution >= 4 is 29.2 Å². The Morgan fingerprint density at radius 2 is 2.10 bits per heavy atom. The van der Waals surface area contributed by atoms with Crippen LogP contribution in [0.2, 0.25) is 5.02 Å². The fraction of sp³-hybridized carbons (Fsp3) is 0.238. The van der Waals surface area contributed by atoms with E-state index in [1.165, 1.54) is 24.1 Å². The first-order valence-electron chi connectivity index (χ1n) is 9.08. The highest BCUT2D eigenvalue weighted by molar-refractivity contribution is 6.33. The van der Waals surface area contributed by atoms with Gasteiger partial charge in [-0.05, 0) is 29.8 Å². The molecule has 0 saturated heterocycles. The van der Waals surface area contributed by atoms with E-state index in [1.807, 2.05) is 0 Å². The summed E-state index contributed by atoms with van der Waals surface area (Å²) in [7, 11) is 1.23. The first-order chi connectivity index (χ1) is 14.4. The fourth-order valence-electron chi connectivity index (χ4n) is 2.96. The topological polar surface area (TPSA) is 88.1 Å². The third-order valence-corrected chi connectivity index (χ3v) is 4.76. The second kappa shape index (κ2) is 9.60. The number of carbonyl (C=O) groups excluding carboxylic acids is 2. The van der Waals surface area contributed by atoms with Crippen molar-refractivity contribution in [2.75, 3.05) is 32.1 Å². The number of methoxy groups -OCH3 is 1. The summed E-state index contributed by atoms with van der Waals surface area (Å²) in [5.74, 6) is -0.971. The Morgan fingerprint density at radius 1 is 1.30 bits per heavy atom. The molecule has 1 heterocycles. The van der Waals surface area contributed by atoms with E-state index < -0.39 is 11.9 Å². The Hall–Kier alpha value is -3.10. The highest BCUT2D eigenvalue weighted by atomic mass is 35.5. The van der Waals surface area contributed by atoms with E-state index in [9.17, 15) is 14.0 Å². The molecule has 0 aliphatic carbocycles. The molecule has 0 atom stereocenters. The summed E-state index contributed by atoms with van der Waals surface area (Å²) in [4.78, 5) is 26.0. The third-order valence-electron chi connectivity index (χ3n) is 4.45. The van der Waals surface area contributed by atoms with E-state index >= 15 is 0 Å². The number of rotatable bonds is 8. The number of aliphatic hydroxyl groups is 1. The minimum absolute atomic E-state index is 0.0286. The molecule has 2 aromatic carbocycles. The van der Waals surface area contributed by atoms with Crippen molar-refractivity contribution in [2.45, 2.75) is 6.61 Å². The summed E-state index contributed by atoms with van der Waals surface area (Å²) < 4.78 is 23.6. The van der Waals surface area contributed by atoms with Gasteiger partial charge in [0.25, 0.3) is 5.91 Å². The largest absolute Gasteiger partial charge is 0.489 e. The molecule has 1 aliphatic heterocycles. The van der Waals surface area contributed by atoms with Crippen molar-refractivity contribution in [2.24, 2.45) is 0 Å². The Kier molecular flexibility index (Phi) is 6.91. The minimum Gasteiger partial charge on any atom is -0.489 e. The van der Waals surface area contributed by atoms with Gasteiger partial charge in [0.05, 0.1) is 36.5 Å². The molecule has 0 saturated carbocycles. The van der Waals surface area contributed by atoms with Gasteiger partial charge >= 0.3 is 5.97 Å². The van der Waals surface area contributed by atoms with Crippen LogP contribution < -0.4 is 10.1 Å². The van der Waals surface area contributed by atoms with Crippen LogP contribution in [0.3, 0.4) is 0 Å². The first-order valence-corrected chi connectivity index (χ1v) is 9.46. The molecule has 0 radical (unpaired) electrons. The van der Waals surface area contributed by atoms with E-state index in [2.05, 4.69) is 5.32 Å². The number of nitrogens with zero attached hydrogens (tertiary/aromatic N) is 1. The normalized spacial score (nSPS) is 13.6. The van der Waals surface area contributed by atoms with Gasteiger partial charge in [-0.25, -0.2) is 9.18 Å². The highest BCUT2D eigenvalue weighted by Gasteiger charge is 2.34. The molecule has 1 aliphatic rings. The maximum Gasteiger partial charge on any atom is 0.337 e. The van der Waals surface area contributed by atoms with E-state index in [-0.39, 0.29) is 48.4 Å². The lowest BCUT2D eigenvalue weighted by Gasteiger charge is -2.15. The highest BCUT2D eigenvalue weighted by Crippen LogP contribution is 2.30. The summed E-state index contributed by atoms with van der Waals surface area (Å²) in [6.07, 6.45) is 0. The molecule has 0 spiro atoms. The van der Waals surface area contributed by atoms with Crippen LogP contribution in [-0.4, -0.2) is 48.7 Å². The number of anilines is 1. The molecule has 0 bridgehead atoms. The summed E-state index contributed by atoms with van der Waals surface area (Å²) in [5.41, 5.74) is 1.26. The fourth-order valence-corrected chi connectivity index (χ4v) is 3.18. The summed E-state index contributed by atoms with van der Waals surface area (Å²) in [6, 6.07) is 10.9. The van der Waals surface area contributed by atoms with Gasteiger partial charge in [0.15, 0.2) is 0 Å². The minimum atomic E-state index is -0.641. The Labute approximate surface area is 177 Å². The molecule has 158 valence electrons. The number of amides is 1. The molecule has 0 unspecified atom stereocenters. The number of nitrogens with one attached hydrogen (secondary N) is 1. The molecule has 0 aromatic heterocycles. The van der Waals surface area contributed by atoms with Crippen molar-refractivity contribution in [3.8, 4) is 5.75 Å². The smallest absolute Gasteiger partial charge is 0.337 e. The van der Waals surface area contributed by atoms with Gasteiger partial charge in [-0.15, -0.1) is 0 Å². The van der Waals surface area contributed by atoms with Gasteiger partial charge in [0, 0.05) is 12.6 Å². The average Bonchev–Trinajstić information content (AvgIpc) is 3.03. The van der Waals surface area contributed by atoms with E-state index in [0.29, 0.717) is 17.0 Å². The van der Waals surface area contributed by atoms with Crippen molar-refractivity contribution in [1.82, 2.24) is 4.90 Å². The molecule has 1 amide bonds. The average molecular weight is 435 g/mol. The number of hydrogen-bond donors (Lipinski definition) is 2. The van der Waals surface area contributed by atoms with E-state index in [4.69, 9.17) is 26.2 Å². The predicted octanol–water partition coefficient (Wildman–Crippen LogP) is 2.73. The monoisotopic (exact) mass is 434 g/mol. The number of aliphatic hydroxyl groups excluding tert-OH is 1. The number of carbonyl (C=O) groups is 2. The zero-order valence-corrected chi connectivity index (χ0v) is 16.9. The summed E-state index contributed by atoms with van der Waals surface area (Å²) >= 11 is 6.32. The van der Waals surface area contributed by atoms with Gasteiger partial charge in [0.2, 0.25) is 0 Å². The van der Waals surface area contributed by atoms with Crippen molar-refractivity contribution in [3.63, 3.8) is 0 Å². The number of β-amino-alcohol motifs (C(OH)–C–C–N with tert-alkyl or cyclic N) is 1. The van der Waals surface area contributed by atoms with Crippen LogP contribution in [0.15, 0.2) is 53.7 Å². The second-order valence-corrected chi connectivity index (χ2v) is 6.89. The molecular weight excluding hydrogens is 415 g/mol. The number of ether oxygens (including phenoxy) is 2. The molecule has 0 fully saturated rings. The third kappa shape index (κ3) is 4.90. The number of halogens is 2. The Bertz CT molecular complexity index is 995. The molecule has 2 N–H and O–H groups in total. The van der Waals surface area contributed by atoms with Gasteiger partial charge in [-0.3, -0.25) is 4.79 Å². The maximum atomic E-state index is 13.3. The SMILES string of the molecule is COC(=O)C1=C(Nc2ccc(OCc3cccc(F)c3)cc2Cl)C(=O)N(CCO)C1. The first kappa shape index (κ1) is 21.6. The number of hydrogen-bond acceptors (Lipinski definition) is 6. The molecule has 3 rings (SSSR count). The van der Waals surface area contributed by atoms with Crippen molar-refractivity contribution in [1.29, 1.82) is 0 Å².